The fraction of sp³-hybridized carbons (Fsp3) is 0.462. The van der Waals surface area contributed by atoms with Crippen LogP contribution in [0.4, 0.5) is 0 Å². The molecule has 5 nitrogen and oxygen atoms in total. The second-order valence-electron chi connectivity index (χ2n) is 4.67. The molecule has 0 spiro atoms. The number of nitrogens with one attached hydrogen (secondary N) is 1. The lowest BCUT2D eigenvalue weighted by Crippen LogP contribution is -2.45. The van der Waals surface area contributed by atoms with Crippen LogP contribution in [-0.4, -0.2) is 37.8 Å². The molecule has 0 aliphatic carbocycles. The Morgan fingerprint density at radius 2 is 2.35 bits per heavy atom. The van der Waals surface area contributed by atoms with E-state index in [1.54, 1.807) is 18.2 Å². The summed E-state index contributed by atoms with van der Waals surface area (Å²) in [6.07, 6.45) is 2.84. The summed E-state index contributed by atoms with van der Waals surface area (Å²) < 4.78 is 26.8. The van der Waals surface area contributed by atoms with E-state index in [1.807, 2.05) is 6.92 Å². The third kappa shape index (κ3) is 2.94. The minimum Gasteiger partial charge on any atom is -0.351 e. The summed E-state index contributed by atoms with van der Waals surface area (Å²) in [4.78, 5) is 13.0. The summed E-state index contributed by atoms with van der Waals surface area (Å²) in [6, 6.07) is 2.77. The summed E-state index contributed by atoms with van der Waals surface area (Å²) in [5, 5.41) is 2.67. The number of nitrogens with zero attached hydrogens (tertiary/aromatic N) is 1. The highest BCUT2D eigenvalue weighted by Crippen LogP contribution is 2.30. The number of sulfonamides is 1. The van der Waals surface area contributed by atoms with Gasteiger partial charge in [-0.1, -0.05) is 6.08 Å². The summed E-state index contributed by atoms with van der Waals surface area (Å²) >= 11 is 1.24. The fourth-order valence-corrected chi connectivity index (χ4v) is 5.32. The van der Waals surface area contributed by atoms with Crippen molar-refractivity contribution in [2.75, 3.05) is 13.1 Å². The number of thiophene rings is 1. The van der Waals surface area contributed by atoms with Crippen molar-refractivity contribution >= 4 is 27.3 Å². The van der Waals surface area contributed by atoms with Gasteiger partial charge in [0, 0.05) is 18.0 Å². The molecule has 0 aromatic carbocycles. The Morgan fingerprint density at radius 3 is 2.95 bits per heavy atom. The van der Waals surface area contributed by atoms with Crippen LogP contribution >= 0.6 is 11.3 Å². The minimum atomic E-state index is -3.57. The zero-order valence-electron chi connectivity index (χ0n) is 11.3. The first-order valence-electron chi connectivity index (χ1n) is 6.43. The van der Waals surface area contributed by atoms with Crippen LogP contribution in [0.1, 0.15) is 17.7 Å². The molecule has 110 valence electrons. The average Bonchev–Trinajstić information content (AvgIpc) is 3.04. The van der Waals surface area contributed by atoms with E-state index in [-0.39, 0.29) is 5.91 Å². The molecule has 1 aromatic heterocycles. The van der Waals surface area contributed by atoms with Gasteiger partial charge in [-0.25, -0.2) is 8.42 Å². The van der Waals surface area contributed by atoms with Crippen molar-refractivity contribution in [3.63, 3.8) is 0 Å². The van der Waals surface area contributed by atoms with E-state index in [2.05, 4.69) is 11.9 Å². The molecular weight excluding hydrogens is 296 g/mol. The molecule has 1 aliphatic rings. The molecule has 1 unspecified atom stereocenters. The molecule has 0 bridgehead atoms. The summed E-state index contributed by atoms with van der Waals surface area (Å²) in [5.74, 6) is -0.251. The van der Waals surface area contributed by atoms with Crippen molar-refractivity contribution < 1.29 is 13.2 Å². The summed E-state index contributed by atoms with van der Waals surface area (Å²) in [7, 11) is -3.57. The number of hydrogen-bond acceptors (Lipinski definition) is 4. The number of carbonyl (C=O) groups excluding carboxylic acids is 1. The van der Waals surface area contributed by atoms with Crippen LogP contribution in [0.5, 0.6) is 0 Å². The Balaban J connectivity index is 2.22. The maximum absolute atomic E-state index is 12.6. The number of aryl methyl sites for hydroxylation is 1. The third-order valence-corrected chi connectivity index (χ3v) is 6.58. The van der Waals surface area contributed by atoms with Gasteiger partial charge in [0.25, 0.3) is 10.0 Å². The maximum atomic E-state index is 12.6. The van der Waals surface area contributed by atoms with Crippen molar-refractivity contribution in [2.24, 2.45) is 0 Å². The molecule has 0 saturated carbocycles. The van der Waals surface area contributed by atoms with Crippen LogP contribution in [0.3, 0.4) is 0 Å². The first kappa shape index (κ1) is 15.2. The lowest BCUT2D eigenvalue weighted by atomic mass is 10.2. The SMILES string of the molecule is C=CCNC(=O)C1CCCN1S(=O)(=O)c1ccc(C)s1. The monoisotopic (exact) mass is 314 g/mol. The predicted molar refractivity (Wildman–Crippen MR) is 79.2 cm³/mol. The van der Waals surface area contributed by atoms with Gasteiger partial charge in [-0.2, -0.15) is 4.31 Å². The smallest absolute Gasteiger partial charge is 0.253 e. The zero-order valence-corrected chi connectivity index (χ0v) is 13.0. The van der Waals surface area contributed by atoms with Crippen molar-refractivity contribution in [3.05, 3.63) is 29.7 Å². The Kier molecular flexibility index (Phi) is 4.62. The lowest BCUT2D eigenvalue weighted by Gasteiger charge is -2.22. The molecule has 1 amide bonds. The van der Waals surface area contributed by atoms with Crippen LogP contribution in [-0.2, 0) is 14.8 Å². The van der Waals surface area contributed by atoms with E-state index >= 15 is 0 Å². The topological polar surface area (TPSA) is 66.5 Å². The van der Waals surface area contributed by atoms with Crippen molar-refractivity contribution in [1.82, 2.24) is 9.62 Å². The van der Waals surface area contributed by atoms with E-state index < -0.39 is 16.1 Å². The zero-order chi connectivity index (χ0) is 14.8. The Morgan fingerprint density at radius 1 is 1.60 bits per heavy atom. The molecule has 1 saturated heterocycles. The molecule has 1 aromatic rings. The van der Waals surface area contributed by atoms with E-state index in [4.69, 9.17) is 0 Å². The third-order valence-electron chi connectivity index (χ3n) is 3.21. The highest BCUT2D eigenvalue weighted by atomic mass is 32.2. The molecule has 20 heavy (non-hydrogen) atoms. The molecule has 7 heteroatoms. The van der Waals surface area contributed by atoms with Crippen LogP contribution in [0.2, 0.25) is 0 Å². The maximum Gasteiger partial charge on any atom is 0.253 e. The van der Waals surface area contributed by atoms with Gasteiger partial charge in [-0.3, -0.25) is 4.79 Å². The Hall–Kier alpha value is -1.18. The van der Waals surface area contributed by atoms with Crippen molar-refractivity contribution in [2.45, 2.75) is 30.0 Å². The van der Waals surface area contributed by atoms with Crippen molar-refractivity contribution in [1.29, 1.82) is 0 Å². The van der Waals surface area contributed by atoms with Crippen LogP contribution < -0.4 is 5.32 Å². The quantitative estimate of drug-likeness (QED) is 0.838. The molecule has 1 aliphatic heterocycles. The van der Waals surface area contributed by atoms with Gasteiger partial charge in [0.15, 0.2) is 0 Å². The molecular formula is C13H18N2O3S2. The predicted octanol–water partition coefficient (Wildman–Crippen LogP) is 1.51. The van der Waals surface area contributed by atoms with Crippen molar-refractivity contribution in [3.8, 4) is 0 Å². The average molecular weight is 314 g/mol. The lowest BCUT2D eigenvalue weighted by molar-refractivity contribution is -0.123. The summed E-state index contributed by atoms with van der Waals surface area (Å²) in [6.45, 7) is 6.14. The van der Waals surface area contributed by atoms with Gasteiger partial charge in [-0.15, -0.1) is 17.9 Å². The van der Waals surface area contributed by atoms with Crippen LogP contribution in [0.25, 0.3) is 0 Å². The summed E-state index contributed by atoms with van der Waals surface area (Å²) in [5.41, 5.74) is 0. The standard InChI is InChI=1S/C13H18N2O3S2/c1-3-8-14-13(16)11-5-4-9-15(11)20(17,18)12-7-6-10(2)19-12/h3,6-7,11H,1,4-5,8-9H2,2H3,(H,14,16). The van der Waals surface area contributed by atoms with Gasteiger partial charge in [0.05, 0.1) is 0 Å². The highest BCUT2D eigenvalue weighted by Gasteiger charge is 2.39. The highest BCUT2D eigenvalue weighted by molar-refractivity contribution is 7.91. The molecule has 1 N–H and O–H groups in total. The van der Waals surface area contributed by atoms with Gasteiger partial charge in [-0.05, 0) is 31.9 Å². The van der Waals surface area contributed by atoms with Crippen LogP contribution in [0.15, 0.2) is 29.0 Å². The Bertz CT molecular complexity index is 607. The number of carbonyl (C=O) groups is 1. The number of amides is 1. The first-order valence-corrected chi connectivity index (χ1v) is 8.69. The molecule has 0 radical (unpaired) electrons. The van der Waals surface area contributed by atoms with Gasteiger partial charge in [0.1, 0.15) is 10.3 Å². The van der Waals surface area contributed by atoms with Crippen LogP contribution in [0, 0.1) is 6.92 Å². The fourth-order valence-electron chi connectivity index (χ4n) is 2.25. The second-order valence-corrected chi connectivity index (χ2v) is 8.08. The minimum absolute atomic E-state index is 0.251. The number of hydrogen-bond donors (Lipinski definition) is 1. The second kappa shape index (κ2) is 6.07. The van der Waals surface area contributed by atoms with E-state index in [9.17, 15) is 13.2 Å². The first-order chi connectivity index (χ1) is 9.46. The Labute approximate surface area is 123 Å². The van der Waals surface area contributed by atoms with Gasteiger partial charge < -0.3 is 5.32 Å². The molecule has 1 atom stereocenters. The molecule has 2 rings (SSSR count). The number of rotatable bonds is 5. The normalized spacial score (nSPS) is 19.9. The van der Waals surface area contributed by atoms with Gasteiger partial charge in [0.2, 0.25) is 5.91 Å². The molecule has 1 fully saturated rings. The van der Waals surface area contributed by atoms with E-state index in [0.717, 1.165) is 4.88 Å². The van der Waals surface area contributed by atoms with E-state index in [0.29, 0.717) is 30.1 Å². The van der Waals surface area contributed by atoms with Gasteiger partial charge >= 0.3 is 0 Å². The van der Waals surface area contributed by atoms with E-state index in [1.165, 1.54) is 15.6 Å². The molecule has 2 heterocycles. The largest absolute Gasteiger partial charge is 0.351 e.